The lowest BCUT2D eigenvalue weighted by Gasteiger charge is -2.25. The number of amidine groups is 1. The van der Waals surface area contributed by atoms with Crippen LogP contribution in [0.4, 0.5) is 0 Å². The SMILES string of the molecule is CCOc1ccc(-c2ccc([C@@H]3[C@@H](c4ccccn4)N=C4S[C@H](C)CN43)o2)cc1. The van der Waals surface area contributed by atoms with Gasteiger partial charge < -0.3 is 14.1 Å². The van der Waals surface area contributed by atoms with Gasteiger partial charge in [-0.25, -0.2) is 4.99 Å². The van der Waals surface area contributed by atoms with Crippen LogP contribution in [0.3, 0.4) is 0 Å². The molecule has 0 aliphatic carbocycles. The molecule has 4 heterocycles. The first kappa shape index (κ1) is 18.3. The number of nitrogens with zero attached hydrogens (tertiary/aromatic N) is 3. The van der Waals surface area contributed by atoms with E-state index in [4.69, 9.17) is 14.1 Å². The van der Waals surface area contributed by atoms with E-state index < -0.39 is 0 Å². The van der Waals surface area contributed by atoms with Gasteiger partial charge in [-0.05, 0) is 55.5 Å². The molecule has 2 aromatic heterocycles. The van der Waals surface area contributed by atoms with Gasteiger partial charge in [0.1, 0.15) is 29.4 Å². The molecule has 5 nitrogen and oxygen atoms in total. The van der Waals surface area contributed by atoms with Crippen molar-refractivity contribution in [2.45, 2.75) is 31.2 Å². The maximum atomic E-state index is 6.36. The van der Waals surface area contributed by atoms with E-state index in [1.165, 1.54) is 0 Å². The minimum atomic E-state index is -0.0504. The maximum absolute atomic E-state index is 6.36. The highest BCUT2D eigenvalue weighted by Gasteiger charge is 2.45. The summed E-state index contributed by atoms with van der Waals surface area (Å²) in [6.07, 6.45) is 1.83. The van der Waals surface area contributed by atoms with Gasteiger partial charge in [0.2, 0.25) is 0 Å². The van der Waals surface area contributed by atoms with Crippen LogP contribution in [0.1, 0.15) is 37.4 Å². The van der Waals surface area contributed by atoms with Gasteiger partial charge in [-0.3, -0.25) is 4.98 Å². The average molecular weight is 406 g/mol. The lowest BCUT2D eigenvalue weighted by molar-refractivity contribution is 0.277. The Morgan fingerprint density at radius 3 is 2.76 bits per heavy atom. The number of ether oxygens (including phenoxy) is 1. The molecular formula is C23H23N3O2S. The molecule has 6 heteroatoms. The second kappa shape index (κ2) is 7.59. The predicted molar refractivity (Wildman–Crippen MR) is 116 cm³/mol. The van der Waals surface area contributed by atoms with E-state index in [0.717, 1.165) is 40.2 Å². The highest BCUT2D eigenvalue weighted by atomic mass is 32.2. The van der Waals surface area contributed by atoms with E-state index >= 15 is 0 Å². The first-order valence-electron chi connectivity index (χ1n) is 9.98. The Bertz CT molecular complexity index is 1020. The fourth-order valence-corrected chi connectivity index (χ4v) is 5.07. The van der Waals surface area contributed by atoms with Crippen LogP contribution in [-0.4, -0.2) is 33.5 Å². The minimum absolute atomic E-state index is 0.0359. The van der Waals surface area contributed by atoms with Gasteiger partial charge in [0, 0.05) is 23.6 Å². The number of furan rings is 1. The number of pyridine rings is 1. The van der Waals surface area contributed by atoms with Crippen molar-refractivity contribution in [3.05, 3.63) is 72.2 Å². The third-order valence-corrected chi connectivity index (χ3v) is 6.35. The molecule has 1 saturated heterocycles. The van der Waals surface area contributed by atoms with Gasteiger partial charge in [-0.2, -0.15) is 0 Å². The zero-order chi connectivity index (χ0) is 19.8. The first-order valence-corrected chi connectivity index (χ1v) is 10.9. The topological polar surface area (TPSA) is 50.9 Å². The number of aromatic nitrogens is 1. The monoisotopic (exact) mass is 405 g/mol. The summed E-state index contributed by atoms with van der Waals surface area (Å²) in [6.45, 7) is 5.86. The van der Waals surface area contributed by atoms with Crippen molar-refractivity contribution in [1.82, 2.24) is 9.88 Å². The predicted octanol–water partition coefficient (Wildman–Crippen LogP) is 5.33. The number of aliphatic imine (C=N–C) groups is 1. The Morgan fingerprint density at radius 1 is 1.14 bits per heavy atom. The molecule has 0 unspecified atom stereocenters. The fraction of sp³-hybridized carbons (Fsp3) is 0.304. The molecule has 0 radical (unpaired) electrons. The standard InChI is InChI=1S/C23H23N3O2S/c1-3-27-17-9-7-16(8-10-17)19-11-12-20(28-19)22-21(18-6-4-5-13-24-18)25-23-26(22)14-15(2)29-23/h4-13,15,21-22H,3,14H2,1-2H3/t15-,21-,22-/m1/s1. The Morgan fingerprint density at radius 2 is 2.00 bits per heavy atom. The van der Waals surface area contributed by atoms with E-state index in [1.807, 2.05) is 73.4 Å². The van der Waals surface area contributed by atoms with E-state index in [0.29, 0.717) is 11.9 Å². The molecule has 0 spiro atoms. The number of thioether (sulfide) groups is 1. The molecule has 0 amide bonds. The van der Waals surface area contributed by atoms with Crippen molar-refractivity contribution in [3.8, 4) is 17.1 Å². The summed E-state index contributed by atoms with van der Waals surface area (Å²) in [5, 5.41) is 1.62. The van der Waals surface area contributed by atoms with Crippen LogP contribution in [0.25, 0.3) is 11.3 Å². The summed E-state index contributed by atoms with van der Waals surface area (Å²) in [5.41, 5.74) is 2.02. The third-order valence-electron chi connectivity index (χ3n) is 5.25. The molecule has 2 aliphatic rings. The molecule has 5 rings (SSSR count). The molecular weight excluding hydrogens is 382 g/mol. The first-order chi connectivity index (χ1) is 14.2. The molecule has 0 bridgehead atoms. The second-order valence-electron chi connectivity index (χ2n) is 7.30. The minimum Gasteiger partial charge on any atom is -0.494 e. The number of benzene rings is 1. The Hall–Kier alpha value is -2.73. The zero-order valence-corrected chi connectivity index (χ0v) is 17.3. The van der Waals surface area contributed by atoms with Crippen molar-refractivity contribution < 1.29 is 9.15 Å². The van der Waals surface area contributed by atoms with Crippen molar-refractivity contribution in [1.29, 1.82) is 0 Å². The maximum Gasteiger partial charge on any atom is 0.161 e. The third kappa shape index (κ3) is 3.42. The Labute approximate surface area is 174 Å². The van der Waals surface area contributed by atoms with Crippen LogP contribution >= 0.6 is 11.8 Å². The van der Waals surface area contributed by atoms with Crippen LogP contribution in [0.15, 0.2) is 70.2 Å². The summed E-state index contributed by atoms with van der Waals surface area (Å²) in [6, 6.07) is 18.2. The van der Waals surface area contributed by atoms with Gasteiger partial charge in [0.05, 0.1) is 12.3 Å². The van der Waals surface area contributed by atoms with Crippen molar-refractivity contribution in [2.75, 3.05) is 13.2 Å². The highest BCUT2D eigenvalue weighted by Crippen LogP contribution is 2.48. The zero-order valence-electron chi connectivity index (χ0n) is 16.5. The molecule has 3 atom stereocenters. The molecule has 1 fully saturated rings. The van der Waals surface area contributed by atoms with Gasteiger partial charge in [-0.1, -0.05) is 24.8 Å². The second-order valence-corrected chi connectivity index (χ2v) is 8.70. The fourth-order valence-electron chi connectivity index (χ4n) is 3.97. The lowest BCUT2D eigenvalue weighted by atomic mass is 10.0. The van der Waals surface area contributed by atoms with Crippen LogP contribution in [0, 0.1) is 0 Å². The van der Waals surface area contributed by atoms with E-state index in [9.17, 15) is 0 Å². The van der Waals surface area contributed by atoms with Crippen LogP contribution in [0.2, 0.25) is 0 Å². The van der Waals surface area contributed by atoms with Crippen LogP contribution in [0.5, 0.6) is 5.75 Å². The molecule has 3 aromatic rings. The molecule has 1 aromatic carbocycles. The number of rotatable bonds is 5. The quantitative estimate of drug-likeness (QED) is 0.574. The van der Waals surface area contributed by atoms with Gasteiger partial charge in [0.25, 0.3) is 0 Å². The number of hydrogen-bond acceptors (Lipinski definition) is 6. The number of hydrogen-bond donors (Lipinski definition) is 0. The average Bonchev–Trinajstić information content (AvgIpc) is 3.43. The summed E-state index contributed by atoms with van der Waals surface area (Å²) in [5.74, 6) is 2.66. The summed E-state index contributed by atoms with van der Waals surface area (Å²) < 4.78 is 11.9. The Kier molecular flexibility index (Phi) is 4.79. The van der Waals surface area contributed by atoms with Gasteiger partial charge in [-0.15, -0.1) is 0 Å². The molecule has 29 heavy (non-hydrogen) atoms. The normalized spacial score (nSPS) is 23.2. The smallest absolute Gasteiger partial charge is 0.161 e. The highest BCUT2D eigenvalue weighted by molar-refractivity contribution is 8.14. The molecule has 2 aliphatic heterocycles. The van der Waals surface area contributed by atoms with E-state index in [2.05, 4.69) is 22.9 Å². The molecule has 0 saturated carbocycles. The largest absolute Gasteiger partial charge is 0.494 e. The Balaban J connectivity index is 1.47. The summed E-state index contributed by atoms with van der Waals surface area (Å²) in [4.78, 5) is 12.0. The summed E-state index contributed by atoms with van der Waals surface area (Å²) in [7, 11) is 0. The lowest BCUT2D eigenvalue weighted by Crippen LogP contribution is -2.28. The van der Waals surface area contributed by atoms with Gasteiger partial charge in [0.15, 0.2) is 5.17 Å². The molecule has 0 N–H and O–H groups in total. The number of fused-ring (bicyclic) bond motifs is 1. The van der Waals surface area contributed by atoms with E-state index in [1.54, 1.807) is 0 Å². The van der Waals surface area contributed by atoms with Crippen LogP contribution in [-0.2, 0) is 0 Å². The van der Waals surface area contributed by atoms with E-state index in [-0.39, 0.29) is 12.1 Å². The van der Waals surface area contributed by atoms with Crippen molar-refractivity contribution >= 4 is 16.9 Å². The van der Waals surface area contributed by atoms with Crippen molar-refractivity contribution in [2.24, 2.45) is 4.99 Å². The summed E-state index contributed by atoms with van der Waals surface area (Å²) >= 11 is 1.83. The van der Waals surface area contributed by atoms with Crippen molar-refractivity contribution in [3.63, 3.8) is 0 Å². The molecule has 148 valence electrons. The van der Waals surface area contributed by atoms with Crippen LogP contribution < -0.4 is 4.74 Å². The van der Waals surface area contributed by atoms with Gasteiger partial charge >= 0.3 is 0 Å².